The van der Waals surface area contributed by atoms with Crippen molar-refractivity contribution >= 4 is 32.8 Å². The van der Waals surface area contributed by atoms with Crippen molar-refractivity contribution in [1.82, 2.24) is 30.1 Å². The summed E-state index contributed by atoms with van der Waals surface area (Å²) in [5.74, 6) is 0.497. The van der Waals surface area contributed by atoms with E-state index in [1.54, 1.807) is 18.6 Å². The predicted octanol–water partition coefficient (Wildman–Crippen LogP) is 3.18. The number of fused-ring (bicyclic) bond motifs is 6. The number of hydrogen-bond acceptors (Lipinski definition) is 6. The van der Waals surface area contributed by atoms with E-state index in [-0.39, 0.29) is 0 Å². The van der Waals surface area contributed by atoms with Gasteiger partial charge in [0.15, 0.2) is 0 Å². The van der Waals surface area contributed by atoms with Crippen molar-refractivity contribution in [3.05, 3.63) is 61.1 Å². The lowest BCUT2D eigenvalue weighted by Gasteiger charge is -2.07. The smallest absolute Gasteiger partial charge is 0.201 e. The third-order valence-corrected chi connectivity index (χ3v) is 3.93. The van der Waals surface area contributed by atoms with Gasteiger partial charge < -0.3 is 0 Å². The van der Waals surface area contributed by atoms with Gasteiger partial charge in [-0.2, -0.15) is 0 Å². The molecule has 0 radical (unpaired) electrons. The summed E-state index contributed by atoms with van der Waals surface area (Å²) in [6.45, 7) is 0. The van der Waals surface area contributed by atoms with Crippen molar-refractivity contribution in [3.63, 3.8) is 0 Å². The van der Waals surface area contributed by atoms with Crippen LogP contribution < -0.4 is 0 Å². The Morgan fingerprint density at radius 3 is 1.96 bits per heavy atom. The maximum Gasteiger partial charge on any atom is 0.201 e. The van der Waals surface area contributed by atoms with Gasteiger partial charge >= 0.3 is 0 Å². The maximum atomic E-state index is 4.72. The molecule has 5 rings (SSSR count). The molecule has 6 heteroatoms. The molecule has 0 bridgehead atoms. The van der Waals surface area contributed by atoms with Gasteiger partial charge in [0.1, 0.15) is 16.7 Å². The number of pyridine rings is 3. The molecule has 6 nitrogen and oxygen atoms in total. The molecule has 24 heavy (non-hydrogen) atoms. The Kier molecular flexibility index (Phi) is 2.69. The van der Waals surface area contributed by atoms with Crippen LogP contribution >= 0.6 is 0 Å². The molecular weight excluding hydrogens is 300 g/mol. The highest BCUT2D eigenvalue weighted by Gasteiger charge is 2.14. The molecule has 0 saturated heterocycles. The lowest BCUT2D eigenvalue weighted by Crippen LogP contribution is -1.98. The van der Waals surface area contributed by atoms with E-state index in [0.29, 0.717) is 11.5 Å². The summed E-state index contributed by atoms with van der Waals surface area (Å²) in [4.78, 5) is 18.0. The fourth-order valence-corrected chi connectivity index (χ4v) is 2.87. The summed E-state index contributed by atoms with van der Waals surface area (Å²) < 4.78 is 0. The van der Waals surface area contributed by atoms with Crippen molar-refractivity contribution in [1.29, 1.82) is 0 Å². The highest BCUT2D eigenvalue weighted by atomic mass is 15.2. The molecule has 5 aromatic rings. The molecule has 0 aliphatic heterocycles. The maximum absolute atomic E-state index is 4.72. The van der Waals surface area contributed by atoms with Gasteiger partial charge in [0, 0.05) is 29.4 Å². The second-order valence-corrected chi connectivity index (χ2v) is 5.35. The fourth-order valence-electron chi connectivity index (χ4n) is 2.87. The van der Waals surface area contributed by atoms with Crippen LogP contribution in [0.5, 0.6) is 0 Å². The summed E-state index contributed by atoms with van der Waals surface area (Å²) >= 11 is 0. The van der Waals surface area contributed by atoms with Crippen LogP contribution in [0.15, 0.2) is 61.1 Å². The quantitative estimate of drug-likeness (QED) is 0.442. The predicted molar refractivity (Wildman–Crippen MR) is 91.2 cm³/mol. The molecule has 0 amide bonds. The molecule has 0 saturated carbocycles. The van der Waals surface area contributed by atoms with E-state index in [2.05, 4.69) is 25.1 Å². The molecule has 4 aromatic heterocycles. The van der Waals surface area contributed by atoms with Gasteiger partial charge in [0.05, 0.1) is 11.0 Å². The average molecular weight is 310 g/mol. The molecule has 4 heterocycles. The first-order chi connectivity index (χ1) is 11.9. The second-order valence-electron chi connectivity index (χ2n) is 5.35. The summed E-state index contributed by atoms with van der Waals surface area (Å²) in [6, 6.07) is 13.3. The Hall–Kier alpha value is -3.54. The Morgan fingerprint density at radius 2 is 1.25 bits per heavy atom. The number of aromatic nitrogens is 6. The highest BCUT2D eigenvalue weighted by Crippen LogP contribution is 2.30. The number of hydrogen-bond donors (Lipinski definition) is 0. The first-order valence-corrected chi connectivity index (χ1v) is 7.49. The topological polar surface area (TPSA) is 77.3 Å². The molecule has 1 aromatic carbocycles. The summed E-state index contributed by atoms with van der Waals surface area (Å²) in [5, 5.41) is 10.5. The van der Waals surface area contributed by atoms with Crippen LogP contribution in [0, 0.1) is 0 Å². The van der Waals surface area contributed by atoms with Crippen LogP contribution in [0.3, 0.4) is 0 Å². The highest BCUT2D eigenvalue weighted by molar-refractivity contribution is 6.20. The molecule has 112 valence electrons. The Morgan fingerprint density at radius 1 is 0.542 bits per heavy atom. The first kappa shape index (κ1) is 13.0. The Bertz CT molecular complexity index is 1170. The van der Waals surface area contributed by atoms with E-state index < -0.39 is 0 Å². The molecule has 0 N–H and O–H groups in total. The van der Waals surface area contributed by atoms with E-state index in [1.807, 2.05) is 42.5 Å². The van der Waals surface area contributed by atoms with Crippen LogP contribution in [0.25, 0.3) is 44.4 Å². The van der Waals surface area contributed by atoms with E-state index in [9.17, 15) is 0 Å². The lowest BCUT2D eigenvalue weighted by atomic mass is 10.1. The van der Waals surface area contributed by atoms with Gasteiger partial charge in [-0.15, -0.1) is 10.2 Å². The standard InChI is InChI=1S/C18H10N6/c1-2-8-19-13(7-1)18-22-16-11-5-3-9-20-14(11)15-12(6-4-10-21-15)17(16)23-24-18/h1-10H. The van der Waals surface area contributed by atoms with Crippen molar-refractivity contribution < 1.29 is 0 Å². The summed E-state index contributed by atoms with van der Waals surface area (Å²) in [7, 11) is 0. The van der Waals surface area contributed by atoms with Gasteiger partial charge in [-0.25, -0.2) is 4.98 Å². The lowest BCUT2D eigenvalue weighted by molar-refractivity contribution is 1.02. The van der Waals surface area contributed by atoms with Gasteiger partial charge in [-0.1, -0.05) is 6.07 Å². The SMILES string of the molecule is c1ccc(-c2nnc3c4cccnc4c4ncccc4c3n2)nc1. The number of nitrogens with zero attached hydrogens (tertiary/aromatic N) is 6. The van der Waals surface area contributed by atoms with Crippen molar-refractivity contribution in [2.24, 2.45) is 0 Å². The minimum Gasteiger partial charge on any atom is -0.254 e. The van der Waals surface area contributed by atoms with Crippen LogP contribution in [0.1, 0.15) is 0 Å². The normalized spacial score (nSPS) is 11.3. The Balaban J connectivity index is 1.96. The largest absolute Gasteiger partial charge is 0.254 e. The third-order valence-electron chi connectivity index (χ3n) is 3.93. The van der Waals surface area contributed by atoms with Crippen molar-refractivity contribution in [2.45, 2.75) is 0 Å². The average Bonchev–Trinajstić information content (AvgIpc) is 2.68. The van der Waals surface area contributed by atoms with Gasteiger partial charge in [-0.3, -0.25) is 15.0 Å². The van der Waals surface area contributed by atoms with Crippen molar-refractivity contribution in [3.8, 4) is 11.5 Å². The molecule has 0 aliphatic carbocycles. The minimum absolute atomic E-state index is 0.497. The van der Waals surface area contributed by atoms with Gasteiger partial charge in [-0.05, 0) is 36.4 Å². The summed E-state index contributed by atoms with van der Waals surface area (Å²) in [6.07, 6.45) is 5.23. The van der Waals surface area contributed by atoms with Crippen LogP contribution in [0.4, 0.5) is 0 Å². The second kappa shape index (κ2) is 4.99. The minimum atomic E-state index is 0.497. The molecule has 0 unspecified atom stereocenters. The molecular formula is C18H10N6. The molecule has 0 fully saturated rings. The van der Waals surface area contributed by atoms with Crippen LogP contribution in [0.2, 0.25) is 0 Å². The monoisotopic (exact) mass is 310 g/mol. The van der Waals surface area contributed by atoms with Gasteiger partial charge in [0.25, 0.3) is 0 Å². The summed E-state index contributed by atoms with van der Waals surface area (Å²) in [5.41, 5.74) is 3.79. The van der Waals surface area contributed by atoms with E-state index in [4.69, 9.17) is 4.98 Å². The molecule has 0 aliphatic rings. The van der Waals surface area contributed by atoms with Crippen LogP contribution in [-0.4, -0.2) is 30.1 Å². The number of rotatable bonds is 1. The zero-order valence-electron chi connectivity index (χ0n) is 12.5. The fraction of sp³-hybridized carbons (Fsp3) is 0. The van der Waals surface area contributed by atoms with E-state index in [1.165, 1.54) is 0 Å². The Labute approximate surface area is 136 Å². The van der Waals surface area contributed by atoms with Gasteiger partial charge in [0.2, 0.25) is 5.82 Å². The van der Waals surface area contributed by atoms with Crippen molar-refractivity contribution in [2.75, 3.05) is 0 Å². The number of benzene rings is 1. The van der Waals surface area contributed by atoms with E-state index >= 15 is 0 Å². The zero-order valence-corrected chi connectivity index (χ0v) is 12.5. The zero-order chi connectivity index (χ0) is 15.9. The third kappa shape index (κ3) is 1.83. The molecule has 0 atom stereocenters. The first-order valence-electron chi connectivity index (χ1n) is 7.49. The van der Waals surface area contributed by atoms with E-state index in [0.717, 1.165) is 32.8 Å². The van der Waals surface area contributed by atoms with Crippen LogP contribution in [-0.2, 0) is 0 Å². The molecule has 0 spiro atoms.